The number of carbonyl (C=O) groups excluding carboxylic acids is 1. The summed E-state index contributed by atoms with van der Waals surface area (Å²) in [6.45, 7) is 0. The zero-order valence-electron chi connectivity index (χ0n) is 17.7. The lowest BCUT2D eigenvalue weighted by Gasteiger charge is -2.09. The number of hydrogen-bond acceptors (Lipinski definition) is 5. The molecule has 1 atom stereocenters. The van der Waals surface area contributed by atoms with Crippen LogP contribution in [0.1, 0.15) is 36.0 Å². The molecule has 1 amide bonds. The first-order chi connectivity index (χ1) is 15.6. The third kappa shape index (κ3) is 3.82. The molecule has 5 rings (SSSR count). The lowest BCUT2D eigenvalue weighted by Crippen LogP contribution is -2.17. The largest absolute Gasteiger partial charge is 0.355 e. The van der Waals surface area contributed by atoms with Gasteiger partial charge >= 0.3 is 0 Å². The Kier molecular flexibility index (Phi) is 5.53. The molecule has 0 spiro atoms. The van der Waals surface area contributed by atoms with E-state index in [1.807, 2.05) is 30.3 Å². The summed E-state index contributed by atoms with van der Waals surface area (Å²) in [7, 11) is 0.583. The second kappa shape index (κ2) is 8.63. The summed E-state index contributed by atoms with van der Waals surface area (Å²) >= 11 is 0. The van der Waals surface area contributed by atoms with E-state index >= 15 is 0 Å². The van der Waals surface area contributed by atoms with Crippen LogP contribution in [0.4, 0.5) is 0 Å². The molecule has 1 aliphatic rings. The fourth-order valence-corrected chi connectivity index (χ4v) is 5.73. The number of carbonyl (C=O) groups is 1. The molecule has 0 bridgehead atoms. The van der Waals surface area contributed by atoms with E-state index in [1.54, 1.807) is 42.6 Å². The number of amides is 1. The molecule has 3 heterocycles. The van der Waals surface area contributed by atoms with Gasteiger partial charge in [-0.2, -0.15) is 5.10 Å². The van der Waals surface area contributed by atoms with Crippen molar-refractivity contribution >= 4 is 27.7 Å². The van der Waals surface area contributed by atoms with Crippen LogP contribution in [0, 0.1) is 0 Å². The highest BCUT2D eigenvalue weighted by molar-refractivity contribution is 7.85. The van der Waals surface area contributed by atoms with E-state index in [1.165, 1.54) is 0 Å². The number of aromatic nitrogens is 4. The summed E-state index contributed by atoms with van der Waals surface area (Å²) in [5.41, 5.74) is 3.80. The van der Waals surface area contributed by atoms with Gasteiger partial charge in [-0.25, -0.2) is 9.67 Å². The average molecular weight is 446 g/mol. The number of hydrogen-bond donors (Lipinski definition) is 1. The summed E-state index contributed by atoms with van der Waals surface area (Å²) in [6, 6.07) is 11.3. The van der Waals surface area contributed by atoms with Crippen LogP contribution in [-0.2, 0) is 10.8 Å². The Bertz CT molecular complexity index is 1330. The lowest BCUT2D eigenvalue weighted by molar-refractivity contribution is 0.0963. The first-order valence-corrected chi connectivity index (χ1v) is 11.9. The molecule has 1 saturated carbocycles. The van der Waals surface area contributed by atoms with Gasteiger partial charge in [0, 0.05) is 41.2 Å². The molecule has 0 aliphatic heterocycles. The van der Waals surface area contributed by atoms with Crippen LogP contribution >= 0.6 is 0 Å². The van der Waals surface area contributed by atoms with Gasteiger partial charge in [0.2, 0.25) is 0 Å². The third-order valence-electron chi connectivity index (χ3n) is 5.87. The zero-order valence-corrected chi connectivity index (χ0v) is 18.5. The first kappa shape index (κ1) is 20.5. The average Bonchev–Trinajstić information content (AvgIpc) is 3.53. The number of fused-ring (bicyclic) bond motifs is 1. The van der Waals surface area contributed by atoms with Gasteiger partial charge in [-0.15, -0.1) is 0 Å². The van der Waals surface area contributed by atoms with Crippen LogP contribution in [-0.4, -0.2) is 42.2 Å². The van der Waals surface area contributed by atoms with E-state index in [9.17, 15) is 9.00 Å². The highest BCUT2D eigenvalue weighted by Gasteiger charge is 2.23. The molecule has 1 fully saturated rings. The van der Waals surface area contributed by atoms with Gasteiger partial charge in [0.15, 0.2) is 5.65 Å². The Morgan fingerprint density at radius 1 is 1.06 bits per heavy atom. The molecule has 0 radical (unpaired) electrons. The summed E-state index contributed by atoms with van der Waals surface area (Å²) < 4.78 is 14.6. The molecule has 1 aromatic carbocycles. The van der Waals surface area contributed by atoms with Crippen molar-refractivity contribution < 1.29 is 9.00 Å². The molecule has 1 N–H and O–H groups in total. The van der Waals surface area contributed by atoms with Crippen molar-refractivity contribution in [3.8, 4) is 16.8 Å². The van der Waals surface area contributed by atoms with Crippen LogP contribution in [0.3, 0.4) is 0 Å². The number of nitrogens with zero attached hydrogens (tertiary/aromatic N) is 4. The second-order valence-electron chi connectivity index (χ2n) is 7.94. The molecule has 32 heavy (non-hydrogen) atoms. The number of benzene rings is 1. The Morgan fingerprint density at radius 2 is 1.91 bits per heavy atom. The van der Waals surface area contributed by atoms with E-state index in [4.69, 9.17) is 0 Å². The minimum atomic E-state index is -1.03. The normalized spacial score (nSPS) is 15.2. The fraction of sp³-hybridized carbons (Fsp3) is 0.250. The molecular formula is C24H23N5O2S. The van der Waals surface area contributed by atoms with Crippen LogP contribution in [0.15, 0.2) is 66.1 Å². The van der Waals surface area contributed by atoms with Gasteiger partial charge in [0.05, 0.1) is 33.8 Å². The molecule has 8 heteroatoms. The van der Waals surface area contributed by atoms with Gasteiger partial charge in [0.1, 0.15) is 0 Å². The Hall–Kier alpha value is -3.39. The second-order valence-corrected chi connectivity index (χ2v) is 9.67. The SMILES string of the molecule is CNC(=O)c1cccc(-c2cncc(-n3ncc4cc(S(=O)C5CCCC5)cnc43)c2)c1. The van der Waals surface area contributed by atoms with Crippen LogP contribution in [0.25, 0.3) is 27.8 Å². The fourth-order valence-electron chi connectivity index (χ4n) is 4.18. The van der Waals surface area contributed by atoms with Crippen LogP contribution in [0.5, 0.6) is 0 Å². The van der Waals surface area contributed by atoms with E-state index in [0.29, 0.717) is 11.2 Å². The van der Waals surface area contributed by atoms with Gasteiger partial charge in [-0.1, -0.05) is 25.0 Å². The predicted octanol–water partition coefficient (Wildman–Crippen LogP) is 3.89. The first-order valence-electron chi connectivity index (χ1n) is 10.7. The molecule has 7 nitrogen and oxygen atoms in total. The van der Waals surface area contributed by atoms with Crippen molar-refractivity contribution in [3.05, 3.63) is 66.7 Å². The Balaban J connectivity index is 1.48. The topological polar surface area (TPSA) is 89.8 Å². The molecular weight excluding hydrogens is 422 g/mol. The zero-order chi connectivity index (χ0) is 22.1. The molecule has 4 aromatic rings. The summed E-state index contributed by atoms with van der Waals surface area (Å²) in [4.78, 5) is 21.7. The van der Waals surface area contributed by atoms with Crippen molar-refractivity contribution in [1.82, 2.24) is 25.1 Å². The van der Waals surface area contributed by atoms with E-state index < -0.39 is 10.8 Å². The summed E-state index contributed by atoms with van der Waals surface area (Å²) in [5.74, 6) is -0.135. The quantitative estimate of drug-likeness (QED) is 0.503. The maximum absolute atomic E-state index is 12.9. The Labute approximate surface area is 188 Å². The number of nitrogens with one attached hydrogen (secondary N) is 1. The number of rotatable bonds is 5. The maximum Gasteiger partial charge on any atom is 0.251 e. The molecule has 1 unspecified atom stereocenters. The van der Waals surface area contributed by atoms with E-state index in [2.05, 4.69) is 20.4 Å². The van der Waals surface area contributed by atoms with Crippen molar-refractivity contribution in [2.45, 2.75) is 35.8 Å². The van der Waals surface area contributed by atoms with Gasteiger partial charge in [-0.3, -0.25) is 14.0 Å². The minimum Gasteiger partial charge on any atom is -0.355 e. The maximum atomic E-state index is 12.9. The highest BCUT2D eigenvalue weighted by Crippen LogP contribution is 2.28. The summed E-state index contributed by atoms with van der Waals surface area (Å²) in [5, 5.41) is 8.23. The molecule has 162 valence electrons. The van der Waals surface area contributed by atoms with Crippen LogP contribution < -0.4 is 5.32 Å². The molecule has 3 aromatic heterocycles. The monoisotopic (exact) mass is 445 g/mol. The molecule has 1 aliphatic carbocycles. The van der Waals surface area contributed by atoms with E-state index in [0.717, 1.165) is 52.8 Å². The van der Waals surface area contributed by atoms with Crippen molar-refractivity contribution in [3.63, 3.8) is 0 Å². The smallest absolute Gasteiger partial charge is 0.251 e. The van der Waals surface area contributed by atoms with Crippen molar-refractivity contribution in [2.75, 3.05) is 7.05 Å². The van der Waals surface area contributed by atoms with E-state index in [-0.39, 0.29) is 11.2 Å². The van der Waals surface area contributed by atoms with Gasteiger partial charge < -0.3 is 5.32 Å². The van der Waals surface area contributed by atoms with Gasteiger partial charge in [-0.05, 0) is 42.7 Å². The van der Waals surface area contributed by atoms with Crippen molar-refractivity contribution in [2.24, 2.45) is 0 Å². The standard InChI is InChI=1S/C24H23N5O2S/c1-25-24(30)17-6-4-5-16(9-17)18-10-20(14-26-12-18)29-23-19(13-28-29)11-22(15-27-23)32(31)21-7-2-3-8-21/h4-6,9-15,21H,2-3,7-8H2,1H3,(H,25,30). The third-order valence-corrected chi connectivity index (χ3v) is 7.64. The van der Waals surface area contributed by atoms with Crippen LogP contribution in [0.2, 0.25) is 0 Å². The van der Waals surface area contributed by atoms with Gasteiger partial charge in [0.25, 0.3) is 5.91 Å². The Morgan fingerprint density at radius 3 is 2.72 bits per heavy atom. The highest BCUT2D eigenvalue weighted by atomic mass is 32.2. The minimum absolute atomic E-state index is 0.135. The van der Waals surface area contributed by atoms with Crippen molar-refractivity contribution in [1.29, 1.82) is 0 Å². The predicted molar refractivity (Wildman–Crippen MR) is 124 cm³/mol. The lowest BCUT2D eigenvalue weighted by atomic mass is 10.0. The molecule has 0 saturated heterocycles. The summed E-state index contributed by atoms with van der Waals surface area (Å²) in [6.07, 6.45) is 11.3. The number of pyridine rings is 2.